The van der Waals surface area contributed by atoms with Crippen molar-refractivity contribution in [2.24, 2.45) is 0 Å². The molecule has 1 N–H and O–H groups in total. The zero-order valence-corrected chi connectivity index (χ0v) is 6.71. The summed E-state index contributed by atoms with van der Waals surface area (Å²) in [6.07, 6.45) is 2.90. The Labute approximate surface area is 71.6 Å². The summed E-state index contributed by atoms with van der Waals surface area (Å²) < 4.78 is 0. The molecule has 0 bridgehead atoms. The van der Waals surface area contributed by atoms with Crippen LogP contribution in [0.5, 0.6) is 0 Å². The topological polar surface area (TPSA) is 29.1 Å². The molecule has 1 radical (unpaired) electrons. The molecule has 61 valence electrons. The van der Waals surface area contributed by atoms with Gasteiger partial charge in [0.15, 0.2) is 0 Å². The number of carbonyl (C=O) groups excluding carboxylic acids is 1. The zero-order valence-electron chi connectivity index (χ0n) is 6.71. The highest BCUT2D eigenvalue weighted by Gasteiger charge is 2.42. The molecular formula is C10H10NO. The monoisotopic (exact) mass is 160 g/mol. The van der Waals surface area contributed by atoms with E-state index in [-0.39, 0.29) is 5.54 Å². The predicted octanol–water partition coefficient (Wildman–Crippen LogP) is 1.63. The third-order valence-corrected chi connectivity index (χ3v) is 2.11. The minimum absolute atomic E-state index is 0.255. The smallest absolute Gasteiger partial charge is 0.145 e. The predicted molar refractivity (Wildman–Crippen MR) is 46.9 cm³/mol. The van der Waals surface area contributed by atoms with E-state index in [4.69, 9.17) is 0 Å². The second-order valence-electron chi connectivity index (χ2n) is 3.19. The number of benzene rings is 1. The number of aldehydes is 1. The largest absolute Gasteiger partial charge is 0.373 e. The van der Waals surface area contributed by atoms with Crippen molar-refractivity contribution >= 4 is 12.0 Å². The molecule has 0 amide bonds. The average molecular weight is 160 g/mol. The number of rotatable bonds is 3. The van der Waals surface area contributed by atoms with Gasteiger partial charge in [-0.25, -0.2) is 0 Å². The fraction of sp³-hybridized carbons (Fsp3) is 0.300. The quantitative estimate of drug-likeness (QED) is 0.681. The van der Waals surface area contributed by atoms with E-state index >= 15 is 0 Å². The molecule has 2 rings (SSSR count). The fourth-order valence-corrected chi connectivity index (χ4v) is 1.17. The van der Waals surface area contributed by atoms with E-state index in [9.17, 15) is 4.79 Å². The van der Waals surface area contributed by atoms with Gasteiger partial charge >= 0.3 is 0 Å². The van der Waals surface area contributed by atoms with Crippen molar-refractivity contribution in [1.82, 2.24) is 0 Å². The molecule has 1 aromatic carbocycles. The lowest BCUT2D eigenvalue weighted by Gasteiger charge is -2.10. The van der Waals surface area contributed by atoms with Crippen molar-refractivity contribution < 1.29 is 4.79 Å². The first-order valence-corrected chi connectivity index (χ1v) is 4.05. The molecule has 0 spiro atoms. The number of anilines is 1. The van der Waals surface area contributed by atoms with E-state index in [0.717, 1.165) is 24.8 Å². The van der Waals surface area contributed by atoms with Crippen molar-refractivity contribution in [1.29, 1.82) is 0 Å². The van der Waals surface area contributed by atoms with Crippen molar-refractivity contribution in [3.05, 3.63) is 30.3 Å². The van der Waals surface area contributed by atoms with E-state index in [1.54, 1.807) is 0 Å². The van der Waals surface area contributed by atoms with Crippen LogP contribution in [0.2, 0.25) is 0 Å². The van der Waals surface area contributed by atoms with E-state index < -0.39 is 0 Å². The van der Waals surface area contributed by atoms with Gasteiger partial charge in [0.1, 0.15) is 6.29 Å². The molecule has 0 atom stereocenters. The van der Waals surface area contributed by atoms with Crippen molar-refractivity contribution in [2.75, 3.05) is 5.32 Å². The van der Waals surface area contributed by atoms with Gasteiger partial charge in [-0.2, -0.15) is 0 Å². The average Bonchev–Trinajstić information content (AvgIpc) is 2.88. The van der Waals surface area contributed by atoms with Crippen molar-refractivity contribution in [3.63, 3.8) is 0 Å². The van der Waals surface area contributed by atoms with Crippen LogP contribution in [0, 0.1) is 6.07 Å². The molecule has 1 aromatic rings. The van der Waals surface area contributed by atoms with Gasteiger partial charge in [0.25, 0.3) is 0 Å². The third kappa shape index (κ3) is 1.33. The van der Waals surface area contributed by atoms with Gasteiger partial charge in [0, 0.05) is 5.69 Å². The molecule has 0 unspecified atom stereocenters. The van der Waals surface area contributed by atoms with Gasteiger partial charge in [-0.3, -0.25) is 0 Å². The first-order valence-electron chi connectivity index (χ1n) is 4.05. The molecule has 1 aliphatic rings. The number of hydrogen-bond acceptors (Lipinski definition) is 2. The van der Waals surface area contributed by atoms with Crippen LogP contribution in [0.3, 0.4) is 0 Å². The van der Waals surface area contributed by atoms with Crippen LogP contribution in [-0.4, -0.2) is 11.8 Å². The minimum atomic E-state index is -0.255. The molecule has 0 aromatic heterocycles. The molecule has 0 saturated heterocycles. The minimum Gasteiger partial charge on any atom is -0.373 e. The van der Waals surface area contributed by atoms with Crippen LogP contribution in [0.4, 0.5) is 5.69 Å². The van der Waals surface area contributed by atoms with Crippen molar-refractivity contribution in [3.8, 4) is 0 Å². The summed E-state index contributed by atoms with van der Waals surface area (Å²) in [5.41, 5.74) is 0.719. The van der Waals surface area contributed by atoms with Crippen LogP contribution in [-0.2, 0) is 4.79 Å². The second kappa shape index (κ2) is 2.63. The summed E-state index contributed by atoms with van der Waals surface area (Å²) in [4.78, 5) is 10.6. The van der Waals surface area contributed by atoms with E-state index in [0.29, 0.717) is 0 Å². The van der Waals surface area contributed by atoms with Crippen LogP contribution in [0.25, 0.3) is 0 Å². The maximum atomic E-state index is 10.6. The maximum Gasteiger partial charge on any atom is 0.145 e. The summed E-state index contributed by atoms with van der Waals surface area (Å²) in [5.74, 6) is 0. The first-order chi connectivity index (χ1) is 5.85. The highest BCUT2D eigenvalue weighted by Crippen LogP contribution is 2.36. The van der Waals surface area contributed by atoms with Gasteiger partial charge in [-0.1, -0.05) is 12.1 Å². The molecule has 1 saturated carbocycles. The van der Waals surface area contributed by atoms with Gasteiger partial charge in [-0.15, -0.1) is 0 Å². The normalized spacial score (nSPS) is 18.3. The standard InChI is InChI=1S/C10H10NO/c12-8-10(6-7-10)11-9-4-2-1-3-5-9/h1-2,4-5,8,11H,6-7H2. The van der Waals surface area contributed by atoms with Crippen LogP contribution < -0.4 is 5.32 Å². The Morgan fingerprint density at radius 3 is 2.92 bits per heavy atom. The third-order valence-electron chi connectivity index (χ3n) is 2.11. The molecule has 2 heteroatoms. The van der Waals surface area contributed by atoms with Gasteiger partial charge in [0.05, 0.1) is 5.54 Å². The lowest BCUT2D eigenvalue weighted by atomic mass is 10.2. The van der Waals surface area contributed by atoms with Crippen LogP contribution in [0.1, 0.15) is 12.8 Å². The van der Waals surface area contributed by atoms with Gasteiger partial charge < -0.3 is 10.1 Å². The molecule has 2 nitrogen and oxygen atoms in total. The summed E-state index contributed by atoms with van der Waals surface area (Å²) in [6.45, 7) is 0. The summed E-state index contributed by atoms with van der Waals surface area (Å²) in [7, 11) is 0. The Bertz CT molecular complexity index is 277. The van der Waals surface area contributed by atoms with E-state index in [2.05, 4.69) is 11.4 Å². The van der Waals surface area contributed by atoms with E-state index in [1.165, 1.54) is 0 Å². The van der Waals surface area contributed by atoms with Gasteiger partial charge in [-0.05, 0) is 31.0 Å². The Morgan fingerprint density at radius 1 is 1.58 bits per heavy atom. The lowest BCUT2D eigenvalue weighted by molar-refractivity contribution is -0.109. The molecule has 12 heavy (non-hydrogen) atoms. The summed E-state index contributed by atoms with van der Waals surface area (Å²) >= 11 is 0. The highest BCUT2D eigenvalue weighted by molar-refractivity contribution is 5.74. The van der Waals surface area contributed by atoms with Crippen LogP contribution >= 0.6 is 0 Å². The number of hydrogen-bond donors (Lipinski definition) is 1. The van der Waals surface area contributed by atoms with Crippen LogP contribution in [0.15, 0.2) is 24.3 Å². The maximum absolute atomic E-state index is 10.6. The lowest BCUT2D eigenvalue weighted by Crippen LogP contribution is -2.22. The first kappa shape index (κ1) is 7.35. The zero-order chi connectivity index (χ0) is 8.44. The molecule has 1 aliphatic carbocycles. The SMILES string of the molecule is O=CC1(Nc2c[c]ccc2)CC1. The Hall–Kier alpha value is -1.31. The van der Waals surface area contributed by atoms with Crippen molar-refractivity contribution in [2.45, 2.75) is 18.4 Å². The molecule has 1 fully saturated rings. The summed E-state index contributed by atoms with van der Waals surface area (Å²) in [6, 6.07) is 10.5. The molecule has 0 aliphatic heterocycles. The molecular weight excluding hydrogens is 150 g/mol. The fourth-order valence-electron chi connectivity index (χ4n) is 1.17. The Morgan fingerprint density at radius 2 is 2.42 bits per heavy atom. The second-order valence-corrected chi connectivity index (χ2v) is 3.19. The van der Waals surface area contributed by atoms with Gasteiger partial charge in [0.2, 0.25) is 0 Å². The Kier molecular flexibility index (Phi) is 1.61. The Balaban J connectivity index is 2.09. The summed E-state index contributed by atoms with van der Waals surface area (Å²) in [5, 5.41) is 3.18. The number of carbonyl (C=O) groups is 1. The number of nitrogens with one attached hydrogen (secondary N) is 1. The molecule has 0 heterocycles. The highest BCUT2D eigenvalue weighted by atomic mass is 16.1. The van der Waals surface area contributed by atoms with E-state index in [1.807, 2.05) is 24.3 Å².